The minimum Gasteiger partial charge on any atom is -0.372 e. The van der Waals surface area contributed by atoms with Crippen LogP contribution in [0.3, 0.4) is 0 Å². The second kappa shape index (κ2) is 5.01. The third-order valence-electron chi connectivity index (χ3n) is 2.91. The van der Waals surface area contributed by atoms with Crippen LogP contribution in [0, 0.1) is 6.92 Å². The molecule has 7 heteroatoms. The van der Waals surface area contributed by atoms with Gasteiger partial charge in [-0.1, -0.05) is 0 Å². The summed E-state index contributed by atoms with van der Waals surface area (Å²) in [5.74, 6) is 1.34. The van der Waals surface area contributed by atoms with Crippen molar-refractivity contribution in [2.45, 2.75) is 13.5 Å². The number of anilines is 1. The SMILES string of the molecule is CNc1nc(Cn2ncc(C)cc2=O)nc2sccc12. The van der Waals surface area contributed by atoms with E-state index in [2.05, 4.69) is 20.4 Å². The highest BCUT2D eigenvalue weighted by Crippen LogP contribution is 2.24. The number of rotatable bonds is 3. The summed E-state index contributed by atoms with van der Waals surface area (Å²) in [5.41, 5.74) is 0.697. The summed E-state index contributed by atoms with van der Waals surface area (Å²) in [4.78, 5) is 21.7. The lowest BCUT2D eigenvalue weighted by Gasteiger charge is -2.06. The first-order valence-electron chi connectivity index (χ1n) is 6.13. The van der Waals surface area contributed by atoms with Gasteiger partial charge in [0, 0.05) is 13.1 Å². The summed E-state index contributed by atoms with van der Waals surface area (Å²) in [6.45, 7) is 2.10. The number of nitrogens with one attached hydrogen (secondary N) is 1. The average molecular weight is 287 g/mol. The van der Waals surface area contributed by atoms with Crippen molar-refractivity contribution < 1.29 is 0 Å². The molecule has 0 atom stereocenters. The van der Waals surface area contributed by atoms with Gasteiger partial charge in [0.1, 0.15) is 17.2 Å². The largest absolute Gasteiger partial charge is 0.372 e. The van der Waals surface area contributed by atoms with Crippen LogP contribution in [0.25, 0.3) is 10.2 Å². The van der Waals surface area contributed by atoms with E-state index >= 15 is 0 Å². The molecule has 0 amide bonds. The van der Waals surface area contributed by atoms with E-state index in [1.165, 1.54) is 4.68 Å². The number of hydrogen-bond donors (Lipinski definition) is 1. The summed E-state index contributed by atoms with van der Waals surface area (Å²) in [6.07, 6.45) is 1.66. The number of thiophene rings is 1. The summed E-state index contributed by atoms with van der Waals surface area (Å²) in [7, 11) is 1.82. The van der Waals surface area contributed by atoms with Gasteiger partial charge < -0.3 is 5.32 Å². The van der Waals surface area contributed by atoms with E-state index in [4.69, 9.17) is 0 Å². The highest BCUT2D eigenvalue weighted by atomic mass is 32.1. The van der Waals surface area contributed by atoms with Crippen molar-refractivity contribution in [1.82, 2.24) is 19.7 Å². The van der Waals surface area contributed by atoms with Crippen molar-refractivity contribution in [2.24, 2.45) is 0 Å². The minimum absolute atomic E-state index is 0.147. The molecule has 0 radical (unpaired) electrons. The molecule has 3 aromatic rings. The van der Waals surface area contributed by atoms with Gasteiger partial charge >= 0.3 is 0 Å². The zero-order valence-corrected chi connectivity index (χ0v) is 11.9. The van der Waals surface area contributed by atoms with Gasteiger partial charge in [0.05, 0.1) is 11.6 Å². The van der Waals surface area contributed by atoms with E-state index in [0.29, 0.717) is 5.82 Å². The van der Waals surface area contributed by atoms with Gasteiger partial charge in [-0.25, -0.2) is 14.6 Å². The Balaban J connectivity index is 2.04. The summed E-state index contributed by atoms with van der Waals surface area (Å²) >= 11 is 1.55. The molecular formula is C13H13N5OS. The molecular weight excluding hydrogens is 274 g/mol. The number of aryl methyl sites for hydroxylation is 1. The fourth-order valence-corrected chi connectivity index (χ4v) is 2.72. The van der Waals surface area contributed by atoms with Gasteiger partial charge in [-0.3, -0.25) is 4.79 Å². The van der Waals surface area contributed by atoms with Crippen LogP contribution in [-0.2, 0) is 6.54 Å². The maximum Gasteiger partial charge on any atom is 0.267 e. The van der Waals surface area contributed by atoms with E-state index in [0.717, 1.165) is 21.6 Å². The molecule has 20 heavy (non-hydrogen) atoms. The molecule has 0 aromatic carbocycles. The van der Waals surface area contributed by atoms with Crippen LogP contribution in [0.2, 0.25) is 0 Å². The predicted molar refractivity (Wildman–Crippen MR) is 79.3 cm³/mol. The van der Waals surface area contributed by atoms with Gasteiger partial charge in [-0.15, -0.1) is 11.3 Å². The Morgan fingerprint density at radius 2 is 2.25 bits per heavy atom. The first kappa shape index (κ1) is 12.7. The molecule has 3 heterocycles. The second-order valence-electron chi connectivity index (χ2n) is 4.41. The molecule has 0 aliphatic rings. The van der Waals surface area contributed by atoms with Gasteiger partial charge in [-0.05, 0) is 23.9 Å². The van der Waals surface area contributed by atoms with E-state index in [1.54, 1.807) is 23.6 Å². The monoisotopic (exact) mass is 287 g/mol. The van der Waals surface area contributed by atoms with Crippen LogP contribution in [0.5, 0.6) is 0 Å². The van der Waals surface area contributed by atoms with Gasteiger partial charge in [0.2, 0.25) is 0 Å². The zero-order valence-electron chi connectivity index (χ0n) is 11.1. The highest BCUT2D eigenvalue weighted by Gasteiger charge is 2.09. The zero-order chi connectivity index (χ0) is 14.1. The second-order valence-corrected chi connectivity index (χ2v) is 5.30. The first-order valence-corrected chi connectivity index (χ1v) is 7.01. The van der Waals surface area contributed by atoms with Crippen molar-refractivity contribution in [1.29, 1.82) is 0 Å². The lowest BCUT2D eigenvalue weighted by atomic mass is 10.3. The third-order valence-corrected chi connectivity index (χ3v) is 3.71. The molecule has 0 aliphatic heterocycles. The summed E-state index contributed by atoms with van der Waals surface area (Å²) in [5, 5.41) is 10.1. The molecule has 1 N–H and O–H groups in total. The molecule has 0 fully saturated rings. The Kier molecular flexibility index (Phi) is 3.19. The third kappa shape index (κ3) is 2.27. The molecule has 0 bridgehead atoms. The van der Waals surface area contributed by atoms with Crippen LogP contribution < -0.4 is 10.9 Å². The summed E-state index contributed by atoms with van der Waals surface area (Å²) < 4.78 is 1.36. The standard InChI is InChI=1S/C13H13N5OS/c1-8-5-11(19)18(15-6-8)7-10-16-12(14-2)9-3-4-20-13(9)17-10/h3-6H,7H2,1-2H3,(H,14,16,17). The fraction of sp³-hybridized carbons (Fsp3) is 0.231. The molecule has 6 nitrogen and oxygen atoms in total. The molecule has 0 spiro atoms. The molecule has 0 saturated heterocycles. The van der Waals surface area contributed by atoms with Gasteiger partial charge in [0.15, 0.2) is 5.82 Å². The highest BCUT2D eigenvalue weighted by molar-refractivity contribution is 7.16. The minimum atomic E-state index is -0.147. The van der Waals surface area contributed by atoms with Gasteiger partial charge in [0.25, 0.3) is 5.56 Å². The van der Waals surface area contributed by atoms with Crippen LogP contribution in [0.15, 0.2) is 28.5 Å². The Bertz CT molecular complexity index is 823. The number of fused-ring (bicyclic) bond motifs is 1. The lowest BCUT2D eigenvalue weighted by molar-refractivity contribution is 0.614. The van der Waals surface area contributed by atoms with Crippen molar-refractivity contribution in [2.75, 3.05) is 12.4 Å². The van der Waals surface area contributed by atoms with E-state index in [9.17, 15) is 4.79 Å². The molecule has 3 aromatic heterocycles. The molecule has 0 aliphatic carbocycles. The number of hydrogen-bond acceptors (Lipinski definition) is 6. The Morgan fingerprint density at radius 1 is 1.40 bits per heavy atom. The van der Waals surface area contributed by atoms with Crippen molar-refractivity contribution in [3.05, 3.63) is 45.5 Å². The smallest absolute Gasteiger partial charge is 0.267 e. The number of nitrogens with zero attached hydrogens (tertiary/aromatic N) is 4. The maximum absolute atomic E-state index is 11.8. The average Bonchev–Trinajstić information content (AvgIpc) is 2.89. The van der Waals surface area contributed by atoms with Crippen LogP contribution in [0.1, 0.15) is 11.4 Å². The molecule has 0 unspecified atom stereocenters. The lowest BCUT2D eigenvalue weighted by Crippen LogP contribution is -2.23. The van der Waals surface area contributed by atoms with E-state index < -0.39 is 0 Å². The molecule has 3 rings (SSSR count). The van der Waals surface area contributed by atoms with Crippen LogP contribution in [0.4, 0.5) is 5.82 Å². The quantitative estimate of drug-likeness (QED) is 0.793. The normalized spacial score (nSPS) is 10.9. The Hall–Kier alpha value is -2.28. The Labute approximate surface area is 119 Å². The Morgan fingerprint density at radius 3 is 3.00 bits per heavy atom. The van der Waals surface area contributed by atoms with Crippen LogP contribution in [-0.4, -0.2) is 26.8 Å². The van der Waals surface area contributed by atoms with Crippen molar-refractivity contribution >= 4 is 27.4 Å². The van der Waals surface area contributed by atoms with Crippen LogP contribution >= 0.6 is 11.3 Å². The first-order chi connectivity index (χ1) is 9.67. The number of aromatic nitrogens is 4. The van der Waals surface area contributed by atoms with Gasteiger partial charge in [-0.2, -0.15) is 5.10 Å². The topological polar surface area (TPSA) is 72.7 Å². The molecule has 0 saturated carbocycles. The fourth-order valence-electron chi connectivity index (χ4n) is 1.94. The van der Waals surface area contributed by atoms with E-state index in [1.807, 2.05) is 25.4 Å². The van der Waals surface area contributed by atoms with E-state index in [-0.39, 0.29) is 12.1 Å². The maximum atomic E-state index is 11.8. The van der Waals surface area contributed by atoms with Crippen molar-refractivity contribution in [3.8, 4) is 0 Å². The predicted octanol–water partition coefficient (Wildman–Crippen LogP) is 1.65. The molecule has 102 valence electrons. The summed E-state index contributed by atoms with van der Waals surface area (Å²) in [6, 6.07) is 3.53. The van der Waals surface area contributed by atoms with Crippen molar-refractivity contribution in [3.63, 3.8) is 0 Å².